The van der Waals surface area contributed by atoms with Crippen LogP contribution in [-0.2, 0) is 0 Å². The van der Waals surface area contributed by atoms with Gasteiger partial charge in [0.25, 0.3) is 0 Å². The van der Waals surface area contributed by atoms with E-state index in [-0.39, 0.29) is 0 Å². The van der Waals surface area contributed by atoms with Crippen LogP contribution in [0.5, 0.6) is 0 Å². The zero-order valence-electron chi connectivity index (χ0n) is 21.5. The molecule has 0 spiro atoms. The third kappa shape index (κ3) is 3.60. The molecule has 0 unspecified atom stereocenters. The predicted molar refractivity (Wildman–Crippen MR) is 162 cm³/mol. The summed E-state index contributed by atoms with van der Waals surface area (Å²) in [6, 6.07) is 45.8. The third-order valence-corrected chi connectivity index (χ3v) is 7.41. The van der Waals surface area contributed by atoms with Crippen molar-refractivity contribution in [3.63, 3.8) is 0 Å². The Hall–Kier alpha value is -5.55. The van der Waals surface area contributed by atoms with E-state index in [4.69, 9.17) is 15.0 Å². The molecule has 0 saturated heterocycles. The summed E-state index contributed by atoms with van der Waals surface area (Å²) in [5, 5.41) is 3.46. The maximum Gasteiger partial charge on any atom is 0.238 e. The summed E-state index contributed by atoms with van der Waals surface area (Å²) in [6.07, 6.45) is 2.13. The highest BCUT2D eigenvalue weighted by molar-refractivity contribution is 6.13. The van der Waals surface area contributed by atoms with Crippen molar-refractivity contribution in [3.05, 3.63) is 140 Å². The van der Waals surface area contributed by atoms with Gasteiger partial charge in [-0.15, -0.1) is 0 Å². The van der Waals surface area contributed by atoms with E-state index in [1.54, 1.807) is 0 Å². The molecule has 0 saturated carbocycles. The molecule has 0 aliphatic heterocycles. The number of benzene rings is 5. The largest absolute Gasteiger partial charge is 0.317 e. The second-order valence-electron chi connectivity index (χ2n) is 9.82. The van der Waals surface area contributed by atoms with Gasteiger partial charge in [0.05, 0.1) is 16.6 Å². The highest BCUT2D eigenvalue weighted by Gasteiger charge is 2.19. The third-order valence-electron chi connectivity index (χ3n) is 7.41. The highest BCUT2D eigenvalue weighted by Crippen LogP contribution is 2.35. The van der Waals surface area contributed by atoms with Gasteiger partial charge in [-0.1, -0.05) is 97.1 Å². The van der Waals surface area contributed by atoms with Crippen molar-refractivity contribution in [1.29, 1.82) is 0 Å². The lowest BCUT2D eigenvalue weighted by Crippen LogP contribution is -2.06. The number of hydrogen-bond acceptors (Lipinski definition) is 3. The van der Waals surface area contributed by atoms with Crippen molar-refractivity contribution < 1.29 is 0 Å². The van der Waals surface area contributed by atoms with E-state index in [0.717, 1.165) is 49.5 Å². The highest BCUT2D eigenvalue weighted by atomic mass is 15.2. The average molecular weight is 514 g/mol. The van der Waals surface area contributed by atoms with E-state index in [0.29, 0.717) is 17.6 Å². The minimum absolute atomic E-state index is 0.598. The fraction of sp³-hybridized carbons (Fsp3) is 0. The van der Waals surface area contributed by atoms with Crippen LogP contribution in [0.1, 0.15) is 0 Å². The molecule has 5 heteroatoms. The van der Waals surface area contributed by atoms with Gasteiger partial charge >= 0.3 is 0 Å². The van der Waals surface area contributed by atoms with E-state index < -0.39 is 0 Å². The van der Waals surface area contributed by atoms with Crippen molar-refractivity contribution in [3.8, 4) is 34.4 Å². The Bertz CT molecular complexity index is 2090. The van der Waals surface area contributed by atoms with Crippen LogP contribution in [0.2, 0.25) is 0 Å². The van der Waals surface area contributed by atoms with E-state index in [1.807, 2.05) is 66.7 Å². The Kier molecular flexibility index (Phi) is 5.07. The van der Waals surface area contributed by atoms with Crippen LogP contribution in [0.25, 0.3) is 67.1 Å². The second-order valence-corrected chi connectivity index (χ2v) is 9.82. The minimum Gasteiger partial charge on any atom is -0.317 e. The molecule has 0 fully saturated rings. The molecule has 0 atom stereocenters. The van der Waals surface area contributed by atoms with Crippen LogP contribution >= 0.6 is 0 Å². The number of aromatic nitrogens is 5. The van der Waals surface area contributed by atoms with Gasteiger partial charge in [-0.25, -0.2) is 4.98 Å². The first-order chi connectivity index (χ1) is 19.8. The molecular formula is C35H23N5. The summed E-state index contributed by atoms with van der Waals surface area (Å²) < 4.78 is 4.41. The Morgan fingerprint density at radius 3 is 1.73 bits per heavy atom. The SMILES string of the molecule is c1ccc(-c2nc(-c3ccccc3)nc(-n3c4ccccc4c4cc5c(ccn5-c5ccccc5)cc43)n2)cc1. The van der Waals surface area contributed by atoms with Crippen LogP contribution in [0.3, 0.4) is 0 Å². The molecular weight excluding hydrogens is 490 g/mol. The van der Waals surface area contributed by atoms with Gasteiger partial charge in [0.1, 0.15) is 0 Å². The molecule has 3 heterocycles. The molecule has 0 aliphatic carbocycles. The molecule has 0 radical (unpaired) electrons. The van der Waals surface area contributed by atoms with E-state index >= 15 is 0 Å². The first-order valence-corrected chi connectivity index (χ1v) is 13.3. The van der Waals surface area contributed by atoms with Crippen molar-refractivity contribution in [1.82, 2.24) is 24.1 Å². The molecule has 0 amide bonds. The molecule has 0 bridgehead atoms. The quantitative estimate of drug-likeness (QED) is 0.238. The molecule has 3 aromatic heterocycles. The van der Waals surface area contributed by atoms with Gasteiger partial charge in [0.2, 0.25) is 5.95 Å². The van der Waals surface area contributed by atoms with Gasteiger partial charge in [0.15, 0.2) is 11.6 Å². The Labute approximate surface area is 230 Å². The molecule has 0 N–H and O–H groups in total. The number of hydrogen-bond donors (Lipinski definition) is 0. The zero-order valence-corrected chi connectivity index (χ0v) is 21.5. The van der Waals surface area contributed by atoms with Gasteiger partial charge in [0, 0.05) is 39.2 Å². The fourth-order valence-electron chi connectivity index (χ4n) is 5.52. The van der Waals surface area contributed by atoms with Crippen LogP contribution in [0.4, 0.5) is 0 Å². The molecule has 5 nitrogen and oxygen atoms in total. The lowest BCUT2D eigenvalue weighted by Gasteiger charge is -2.11. The van der Waals surface area contributed by atoms with Gasteiger partial charge < -0.3 is 4.57 Å². The number of rotatable bonds is 4. The normalized spacial score (nSPS) is 11.5. The fourth-order valence-corrected chi connectivity index (χ4v) is 5.52. The maximum atomic E-state index is 5.04. The summed E-state index contributed by atoms with van der Waals surface area (Å²) in [5.41, 5.74) is 6.31. The summed E-state index contributed by atoms with van der Waals surface area (Å²) in [6.45, 7) is 0. The summed E-state index contributed by atoms with van der Waals surface area (Å²) in [5.74, 6) is 1.89. The zero-order chi connectivity index (χ0) is 26.5. The van der Waals surface area contributed by atoms with Gasteiger partial charge in [-0.2, -0.15) is 9.97 Å². The van der Waals surface area contributed by atoms with Crippen molar-refractivity contribution >= 4 is 32.7 Å². The molecule has 40 heavy (non-hydrogen) atoms. The van der Waals surface area contributed by atoms with Crippen LogP contribution in [-0.4, -0.2) is 24.1 Å². The van der Waals surface area contributed by atoms with Crippen LogP contribution < -0.4 is 0 Å². The topological polar surface area (TPSA) is 48.5 Å². The minimum atomic E-state index is 0.598. The number of para-hydroxylation sites is 2. The molecule has 8 aromatic rings. The van der Waals surface area contributed by atoms with Gasteiger partial charge in [-0.3, -0.25) is 4.57 Å². The maximum absolute atomic E-state index is 5.04. The van der Waals surface area contributed by atoms with E-state index in [1.165, 1.54) is 0 Å². The lowest BCUT2D eigenvalue weighted by molar-refractivity contribution is 0.954. The molecule has 188 valence electrons. The van der Waals surface area contributed by atoms with E-state index in [9.17, 15) is 0 Å². The first kappa shape index (κ1) is 22.4. The standard InChI is InChI=1S/C35H23N5/c1-4-12-24(13-5-1)33-36-34(25-14-6-2-7-15-25)38-35(37-33)40-30-19-11-10-18-28(30)29-23-31-26(22-32(29)40)20-21-39(31)27-16-8-3-9-17-27/h1-23H. The Balaban J connectivity index is 1.43. The van der Waals surface area contributed by atoms with Crippen LogP contribution in [0.15, 0.2) is 140 Å². The summed E-state index contributed by atoms with van der Waals surface area (Å²) in [4.78, 5) is 15.0. The smallest absolute Gasteiger partial charge is 0.238 e. The van der Waals surface area contributed by atoms with Gasteiger partial charge in [-0.05, 0) is 36.4 Å². The second kappa shape index (κ2) is 9.03. The predicted octanol–water partition coefficient (Wildman–Crippen LogP) is 8.25. The molecule has 0 aliphatic rings. The lowest BCUT2D eigenvalue weighted by atomic mass is 10.1. The van der Waals surface area contributed by atoms with Crippen molar-refractivity contribution in [2.24, 2.45) is 0 Å². The number of nitrogens with zero attached hydrogens (tertiary/aromatic N) is 5. The first-order valence-electron chi connectivity index (χ1n) is 13.3. The van der Waals surface area contributed by atoms with Crippen molar-refractivity contribution in [2.75, 3.05) is 0 Å². The summed E-state index contributed by atoms with van der Waals surface area (Å²) in [7, 11) is 0. The monoisotopic (exact) mass is 513 g/mol. The molecule has 5 aromatic carbocycles. The van der Waals surface area contributed by atoms with Crippen molar-refractivity contribution in [2.45, 2.75) is 0 Å². The molecule has 8 rings (SSSR count). The summed E-state index contributed by atoms with van der Waals surface area (Å²) >= 11 is 0. The number of fused-ring (bicyclic) bond motifs is 4. The van der Waals surface area contributed by atoms with E-state index in [2.05, 4.69) is 82.1 Å². The Morgan fingerprint density at radius 2 is 1.05 bits per heavy atom. The van der Waals surface area contributed by atoms with Crippen LogP contribution in [0, 0.1) is 0 Å². The average Bonchev–Trinajstić information content (AvgIpc) is 3.59. The Morgan fingerprint density at radius 1 is 0.450 bits per heavy atom.